The second-order valence-electron chi connectivity index (χ2n) is 5.19. The van der Waals surface area contributed by atoms with Crippen LogP contribution in [0.4, 0.5) is 11.4 Å². The van der Waals surface area contributed by atoms with E-state index in [1.54, 1.807) is 6.20 Å². The molecule has 0 amide bonds. The van der Waals surface area contributed by atoms with Gasteiger partial charge in [0.25, 0.3) is 0 Å². The first-order chi connectivity index (χ1) is 9.58. The third-order valence-electron chi connectivity index (χ3n) is 3.19. The van der Waals surface area contributed by atoms with E-state index >= 15 is 0 Å². The number of anilines is 2. The number of nitrogens with one attached hydrogen (secondary N) is 1. The van der Waals surface area contributed by atoms with E-state index in [9.17, 15) is 0 Å². The average Bonchev–Trinajstić information content (AvgIpc) is 2.40. The fraction of sp³-hybridized carbons (Fsp3) is 0.400. The minimum atomic E-state index is 0.697. The van der Waals surface area contributed by atoms with Gasteiger partial charge in [-0.3, -0.25) is 4.98 Å². The Balaban J connectivity index is 2.08. The van der Waals surface area contributed by atoms with Gasteiger partial charge in [-0.05, 0) is 51.7 Å². The van der Waals surface area contributed by atoms with Crippen molar-refractivity contribution in [3.8, 4) is 0 Å². The molecule has 1 heterocycles. The standard InChI is InChI=1S/C15H21BrN4/c1-20(2)8-4-3-7-18-15-12-9-11(16)5-6-14(12)19-10-13(15)17/h5-6,9-10H,3-4,7-8,17H2,1-2H3,(H,18,19). The smallest absolute Gasteiger partial charge is 0.0743 e. The van der Waals surface area contributed by atoms with Crippen molar-refractivity contribution in [1.29, 1.82) is 0 Å². The number of unbranched alkanes of at least 4 members (excludes halogenated alkanes) is 1. The first-order valence-electron chi connectivity index (χ1n) is 6.80. The highest BCUT2D eigenvalue weighted by Gasteiger charge is 2.06. The Morgan fingerprint density at radius 2 is 2.10 bits per heavy atom. The summed E-state index contributed by atoms with van der Waals surface area (Å²) >= 11 is 3.50. The Kier molecular flexibility index (Phi) is 5.20. The molecule has 1 aromatic heterocycles. The van der Waals surface area contributed by atoms with Crippen molar-refractivity contribution in [1.82, 2.24) is 9.88 Å². The van der Waals surface area contributed by atoms with Gasteiger partial charge in [-0.25, -0.2) is 0 Å². The normalized spacial score (nSPS) is 11.2. The third-order valence-corrected chi connectivity index (χ3v) is 3.69. The fourth-order valence-corrected chi connectivity index (χ4v) is 2.51. The Morgan fingerprint density at radius 1 is 1.30 bits per heavy atom. The maximum atomic E-state index is 6.05. The van der Waals surface area contributed by atoms with Gasteiger partial charge < -0.3 is 16.0 Å². The maximum absolute atomic E-state index is 6.05. The van der Waals surface area contributed by atoms with E-state index in [0.29, 0.717) is 5.69 Å². The SMILES string of the molecule is CN(C)CCCCNc1c(N)cnc2ccc(Br)cc12. The molecule has 2 aromatic rings. The summed E-state index contributed by atoms with van der Waals surface area (Å²) in [5, 5.41) is 4.51. The molecule has 0 aliphatic rings. The summed E-state index contributed by atoms with van der Waals surface area (Å²) in [5.74, 6) is 0. The lowest BCUT2D eigenvalue weighted by molar-refractivity contribution is 0.396. The van der Waals surface area contributed by atoms with Crippen LogP contribution in [-0.2, 0) is 0 Å². The van der Waals surface area contributed by atoms with Crippen molar-refractivity contribution in [3.63, 3.8) is 0 Å². The van der Waals surface area contributed by atoms with Crippen LogP contribution in [0, 0.1) is 0 Å². The van der Waals surface area contributed by atoms with Crippen LogP contribution in [0.25, 0.3) is 10.9 Å². The van der Waals surface area contributed by atoms with Crippen LogP contribution < -0.4 is 11.1 Å². The van der Waals surface area contributed by atoms with Crippen LogP contribution >= 0.6 is 15.9 Å². The number of nitrogens with two attached hydrogens (primary N) is 1. The number of aromatic nitrogens is 1. The molecule has 3 N–H and O–H groups in total. The summed E-state index contributed by atoms with van der Waals surface area (Å²) in [6, 6.07) is 6.04. The van der Waals surface area contributed by atoms with Gasteiger partial charge in [0.1, 0.15) is 0 Å². The molecule has 0 unspecified atom stereocenters. The number of nitrogen functional groups attached to an aromatic ring is 1. The van der Waals surface area contributed by atoms with Crippen LogP contribution in [0.15, 0.2) is 28.9 Å². The topological polar surface area (TPSA) is 54.2 Å². The molecule has 108 valence electrons. The first-order valence-corrected chi connectivity index (χ1v) is 7.59. The van der Waals surface area contributed by atoms with Crippen LogP contribution in [0.3, 0.4) is 0 Å². The van der Waals surface area contributed by atoms with Gasteiger partial charge in [0.15, 0.2) is 0 Å². The number of fused-ring (bicyclic) bond motifs is 1. The van der Waals surface area contributed by atoms with Crippen LogP contribution in [0.2, 0.25) is 0 Å². The van der Waals surface area contributed by atoms with Crippen molar-refractivity contribution < 1.29 is 0 Å². The predicted molar refractivity (Wildman–Crippen MR) is 90.1 cm³/mol. The zero-order valence-corrected chi connectivity index (χ0v) is 13.6. The largest absolute Gasteiger partial charge is 0.396 e. The fourth-order valence-electron chi connectivity index (χ4n) is 2.14. The Hall–Kier alpha value is -1.33. The number of rotatable bonds is 6. The molecular formula is C15H21BrN4. The molecule has 20 heavy (non-hydrogen) atoms. The molecule has 0 aliphatic carbocycles. The van der Waals surface area contributed by atoms with E-state index in [1.807, 2.05) is 12.1 Å². The van der Waals surface area contributed by atoms with Gasteiger partial charge in [0.2, 0.25) is 0 Å². The average molecular weight is 337 g/mol. The number of nitrogens with zero attached hydrogens (tertiary/aromatic N) is 2. The van der Waals surface area contributed by atoms with Gasteiger partial charge in [-0.1, -0.05) is 15.9 Å². The van der Waals surface area contributed by atoms with E-state index in [-0.39, 0.29) is 0 Å². The molecule has 5 heteroatoms. The lowest BCUT2D eigenvalue weighted by atomic mass is 10.1. The van der Waals surface area contributed by atoms with Gasteiger partial charge in [0, 0.05) is 16.4 Å². The maximum Gasteiger partial charge on any atom is 0.0743 e. The highest BCUT2D eigenvalue weighted by atomic mass is 79.9. The zero-order chi connectivity index (χ0) is 14.5. The van der Waals surface area contributed by atoms with E-state index in [0.717, 1.165) is 40.6 Å². The Bertz CT molecular complexity index is 578. The summed E-state index contributed by atoms with van der Waals surface area (Å²) in [4.78, 5) is 6.56. The number of pyridine rings is 1. The van der Waals surface area contributed by atoms with Crippen molar-refractivity contribution in [2.24, 2.45) is 0 Å². The predicted octanol–water partition coefficient (Wildman–Crippen LogP) is 3.33. The quantitative estimate of drug-likeness (QED) is 0.794. The number of hydrogen-bond donors (Lipinski definition) is 2. The molecule has 0 atom stereocenters. The van der Waals surface area contributed by atoms with E-state index in [4.69, 9.17) is 5.73 Å². The third kappa shape index (κ3) is 3.84. The molecule has 2 rings (SSSR count). The number of hydrogen-bond acceptors (Lipinski definition) is 4. The first kappa shape index (κ1) is 15.1. The molecular weight excluding hydrogens is 316 g/mol. The number of benzene rings is 1. The van der Waals surface area contributed by atoms with Gasteiger partial charge >= 0.3 is 0 Å². The highest BCUT2D eigenvalue weighted by molar-refractivity contribution is 9.10. The molecule has 0 bridgehead atoms. The van der Waals surface area contributed by atoms with Crippen LogP contribution in [0.5, 0.6) is 0 Å². The van der Waals surface area contributed by atoms with Crippen molar-refractivity contribution in [2.75, 3.05) is 38.2 Å². The van der Waals surface area contributed by atoms with E-state index < -0.39 is 0 Å². The van der Waals surface area contributed by atoms with Crippen LogP contribution in [-0.4, -0.2) is 37.1 Å². The molecule has 0 saturated carbocycles. The zero-order valence-electron chi connectivity index (χ0n) is 12.0. The van der Waals surface area contributed by atoms with E-state index in [2.05, 4.69) is 51.3 Å². The van der Waals surface area contributed by atoms with E-state index in [1.165, 1.54) is 6.42 Å². The molecule has 0 aliphatic heterocycles. The highest BCUT2D eigenvalue weighted by Crippen LogP contribution is 2.29. The molecule has 0 saturated heterocycles. The second-order valence-corrected chi connectivity index (χ2v) is 6.10. The van der Waals surface area contributed by atoms with Crippen molar-refractivity contribution in [2.45, 2.75) is 12.8 Å². The molecule has 4 nitrogen and oxygen atoms in total. The monoisotopic (exact) mass is 336 g/mol. The molecule has 1 aromatic carbocycles. The van der Waals surface area contributed by atoms with Gasteiger partial charge in [0.05, 0.1) is 23.1 Å². The molecule has 0 radical (unpaired) electrons. The summed E-state index contributed by atoms with van der Waals surface area (Å²) in [7, 11) is 4.19. The summed E-state index contributed by atoms with van der Waals surface area (Å²) in [5.41, 5.74) is 8.69. The minimum Gasteiger partial charge on any atom is -0.396 e. The van der Waals surface area contributed by atoms with Crippen LogP contribution in [0.1, 0.15) is 12.8 Å². The Labute approximate surface area is 128 Å². The lowest BCUT2D eigenvalue weighted by Gasteiger charge is -2.13. The Morgan fingerprint density at radius 3 is 2.85 bits per heavy atom. The summed E-state index contributed by atoms with van der Waals surface area (Å²) in [6.07, 6.45) is 4.01. The summed E-state index contributed by atoms with van der Waals surface area (Å²) in [6.45, 7) is 2.03. The van der Waals surface area contributed by atoms with Gasteiger partial charge in [-0.2, -0.15) is 0 Å². The summed E-state index contributed by atoms with van der Waals surface area (Å²) < 4.78 is 1.04. The van der Waals surface area contributed by atoms with Crippen molar-refractivity contribution >= 4 is 38.2 Å². The lowest BCUT2D eigenvalue weighted by Crippen LogP contribution is -2.14. The number of halogens is 1. The molecule has 0 spiro atoms. The molecule has 0 fully saturated rings. The minimum absolute atomic E-state index is 0.697. The second kappa shape index (κ2) is 6.90. The van der Waals surface area contributed by atoms with Gasteiger partial charge in [-0.15, -0.1) is 0 Å². The van der Waals surface area contributed by atoms with Crippen molar-refractivity contribution in [3.05, 3.63) is 28.9 Å².